The third-order valence-corrected chi connectivity index (χ3v) is 1.79. The summed E-state index contributed by atoms with van der Waals surface area (Å²) < 4.78 is 29.0. The first-order valence-corrected chi connectivity index (χ1v) is 3.69. The van der Waals surface area contributed by atoms with E-state index in [0.29, 0.717) is 0 Å². The third-order valence-electron chi connectivity index (χ3n) is 1.47. The predicted octanol–water partition coefficient (Wildman–Crippen LogP) is 1.97. The van der Waals surface area contributed by atoms with E-state index in [-0.39, 0.29) is 10.9 Å². The number of nitrogens with one attached hydrogen (secondary N) is 1. The normalized spacial score (nSPS) is 10.5. The van der Waals surface area contributed by atoms with Crippen molar-refractivity contribution in [1.82, 2.24) is 4.98 Å². The van der Waals surface area contributed by atoms with E-state index in [1.807, 2.05) is 0 Å². The van der Waals surface area contributed by atoms with Crippen LogP contribution in [-0.2, 0) is 0 Å². The number of H-pyrrole nitrogens is 1. The average Bonchev–Trinajstić information content (AvgIpc) is 2.04. The molecule has 1 heterocycles. The number of hydrogen-bond donors (Lipinski definition) is 1. The zero-order valence-corrected chi connectivity index (χ0v) is 7.36. The number of ether oxygens (including phenoxy) is 1. The molecule has 0 fully saturated rings. The fourth-order valence-electron chi connectivity index (χ4n) is 0.851. The SMILES string of the molecule is COc1c[nH]c(Cl)c(C(F)F)c1=O. The molecular formula is C7H6ClF2NO2. The van der Waals surface area contributed by atoms with Crippen molar-refractivity contribution in [2.75, 3.05) is 7.11 Å². The van der Waals surface area contributed by atoms with Gasteiger partial charge in [-0.3, -0.25) is 4.79 Å². The second kappa shape index (κ2) is 3.74. The van der Waals surface area contributed by atoms with Gasteiger partial charge in [-0.2, -0.15) is 0 Å². The molecule has 1 aromatic rings. The predicted molar refractivity (Wildman–Crippen MR) is 43.6 cm³/mol. The average molecular weight is 210 g/mol. The first-order chi connectivity index (χ1) is 6.07. The molecular weight excluding hydrogens is 204 g/mol. The van der Waals surface area contributed by atoms with E-state index in [2.05, 4.69) is 9.72 Å². The van der Waals surface area contributed by atoms with E-state index in [0.717, 1.165) is 6.20 Å². The van der Waals surface area contributed by atoms with Crippen molar-refractivity contribution in [2.24, 2.45) is 0 Å². The smallest absolute Gasteiger partial charge is 0.270 e. The Balaban J connectivity index is 3.39. The topological polar surface area (TPSA) is 42.1 Å². The molecule has 0 aromatic carbocycles. The Morgan fingerprint density at radius 1 is 1.62 bits per heavy atom. The number of pyridine rings is 1. The molecule has 6 heteroatoms. The molecule has 0 bridgehead atoms. The Labute approximate surface area is 77.3 Å². The maximum atomic E-state index is 12.2. The molecule has 0 saturated carbocycles. The lowest BCUT2D eigenvalue weighted by molar-refractivity contribution is 0.149. The summed E-state index contributed by atoms with van der Waals surface area (Å²) in [5, 5.41) is -0.360. The van der Waals surface area contributed by atoms with Crippen LogP contribution >= 0.6 is 11.6 Å². The number of methoxy groups -OCH3 is 1. The summed E-state index contributed by atoms with van der Waals surface area (Å²) in [6.45, 7) is 0. The van der Waals surface area contributed by atoms with Gasteiger partial charge >= 0.3 is 0 Å². The highest BCUT2D eigenvalue weighted by Crippen LogP contribution is 2.23. The Bertz CT molecular complexity index is 364. The quantitative estimate of drug-likeness (QED) is 0.757. The van der Waals surface area contributed by atoms with Crippen molar-refractivity contribution in [2.45, 2.75) is 6.43 Å². The van der Waals surface area contributed by atoms with Gasteiger partial charge in [-0.1, -0.05) is 11.6 Å². The lowest BCUT2D eigenvalue weighted by atomic mass is 10.3. The molecule has 1 aromatic heterocycles. The molecule has 13 heavy (non-hydrogen) atoms. The zero-order chi connectivity index (χ0) is 10.0. The highest BCUT2D eigenvalue weighted by molar-refractivity contribution is 6.30. The van der Waals surface area contributed by atoms with E-state index >= 15 is 0 Å². The maximum Gasteiger partial charge on any atom is 0.270 e. The van der Waals surface area contributed by atoms with Crippen LogP contribution in [0.15, 0.2) is 11.0 Å². The minimum Gasteiger partial charge on any atom is -0.491 e. The second-order valence-electron chi connectivity index (χ2n) is 2.21. The largest absolute Gasteiger partial charge is 0.491 e. The molecule has 1 N–H and O–H groups in total. The summed E-state index contributed by atoms with van der Waals surface area (Å²) in [4.78, 5) is 13.5. The molecule has 0 unspecified atom stereocenters. The Hall–Kier alpha value is -1.10. The summed E-state index contributed by atoms with van der Waals surface area (Å²) in [5.74, 6) is -0.181. The van der Waals surface area contributed by atoms with Crippen LogP contribution in [0.2, 0.25) is 5.15 Å². The first-order valence-electron chi connectivity index (χ1n) is 3.31. The summed E-state index contributed by atoms with van der Waals surface area (Å²) in [6, 6.07) is 0. The molecule has 1 rings (SSSR count). The van der Waals surface area contributed by atoms with Crippen LogP contribution in [0.4, 0.5) is 8.78 Å². The van der Waals surface area contributed by atoms with E-state index in [1.54, 1.807) is 0 Å². The molecule has 0 spiro atoms. The van der Waals surface area contributed by atoms with E-state index in [9.17, 15) is 13.6 Å². The molecule has 0 aliphatic carbocycles. The number of aromatic nitrogens is 1. The highest BCUT2D eigenvalue weighted by Gasteiger charge is 2.19. The minimum absolute atomic E-state index is 0.181. The molecule has 0 aliphatic rings. The van der Waals surface area contributed by atoms with Gasteiger partial charge in [-0.05, 0) is 0 Å². The molecule has 0 atom stereocenters. The Morgan fingerprint density at radius 3 is 2.69 bits per heavy atom. The van der Waals surface area contributed by atoms with Gasteiger partial charge in [0, 0.05) is 6.20 Å². The summed E-state index contributed by atoms with van der Waals surface area (Å²) in [5.41, 5.74) is -1.65. The molecule has 3 nitrogen and oxygen atoms in total. The zero-order valence-electron chi connectivity index (χ0n) is 6.61. The lowest BCUT2D eigenvalue weighted by Crippen LogP contribution is -2.13. The number of hydrogen-bond acceptors (Lipinski definition) is 2. The van der Waals surface area contributed by atoms with Gasteiger partial charge in [0.1, 0.15) is 10.7 Å². The maximum absolute atomic E-state index is 12.2. The summed E-state index contributed by atoms with van der Waals surface area (Å²) in [6.07, 6.45) is -1.78. The monoisotopic (exact) mass is 209 g/mol. The van der Waals surface area contributed by atoms with Crippen molar-refractivity contribution in [1.29, 1.82) is 0 Å². The van der Waals surface area contributed by atoms with Gasteiger partial charge in [0.2, 0.25) is 5.43 Å². The summed E-state index contributed by atoms with van der Waals surface area (Å²) in [7, 11) is 1.22. The van der Waals surface area contributed by atoms with Crippen LogP contribution < -0.4 is 10.2 Å². The van der Waals surface area contributed by atoms with Crippen LogP contribution in [-0.4, -0.2) is 12.1 Å². The first kappa shape index (κ1) is 9.98. The van der Waals surface area contributed by atoms with Gasteiger partial charge in [-0.15, -0.1) is 0 Å². The lowest BCUT2D eigenvalue weighted by Gasteiger charge is -2.04. The van der Waals surface area contributed by atoms with E-state index in [1.165, 1.54) is 7.11 Å². The van der Waals surface area contributed by atoms with Crippen LogP contribution in [0.3, 0.4) is 0 Å². The van der Waals surface area contributed by atoms with Crippen LogP contribution in [0.5, 0.6) is 5.75 Å². The number of alkyl halides is 2. The molecule has 0 radical (unpaired) electrons. The fraction of sp³-hybridized carbons (Fsp3) is 0.286. The van der Waals surface area contributed by atoms with Crippen LogP contribution in [0.25, 0.3) is 0 Å². The van der Waals surface area contributed by atoms with E-state index in [4.69, 9.17) is 11.6 Å². The van der Waals surface area contributed by atoms with Gasteiger partial charge in [-0.25, -0.2) is 8.78 Å². The Kier molecular flexibility index (Phi) is 2.87. The van der Waals surface area contributed by atoms with Crippen LogP contribution in [0, 0.1) is 0 Å². The van der Waals surface area contributed by atoms with Crippen molar-refractivity contribution in [3.63, 3.8) is 0 Å². The van der Waals surface area contributed by atoms with Crippen LogP contribution in [0.1, 0.15) is 12.0 Å². The number of rotatable bonds is 2. The second-order valence-corrected chi connectivity index (χ2v) is 2.59. The van der Waals surface area contributed by atoms with Crippen molar-refractivity contribution in [3.05, 3.63) is 27.1 Å². The molecule has 0 saturated heterocycles. The molecule has 0 aliphatic heterocycles. The van der Waals surface area contributed by atoms with E-state index < -0.39 is 17.4 Å². The Morgan fingerprint density at radius 2 is 2.23 bits per heavy atom. The molecule has 0 amide bonds. The standard InChI is InChI=1S/C7H6ClF2NO2/c1-13-3-2-11-6(8)4(5(3)12)7(9)10/h2,7H,1H3,(H,11,12). The van der Waals surface area contributed by atoms with Crippen molar-refractivity contribution in [3.8, 4) is 5.75 Å². The fourth-order valence-corrected chi connectivity index (χ4v) is 1.07. The third kappa shape index (κ3) is 1.80. The number of halogens is 3. The van der Waals surface area contributed by atoms with Gasteiger partial charge < -0.3 is 9.72 Å². The minimum atomic E-state index is -2.91. The number of aromatic amines is 1. The van der Waals surface area contributed by atoms with Gasteiger partial charge in [0.05, 0.1) is 7.11 Å². The highest BCUT2D eigenvalue weighted by atomic mass is 35.5. The molecule has 72 valence electrons. The summed E-state index contributed by atoms with van der Waals surface area (Å²) >= 11 is 5.36. The van der Waals surface area contributed by atoms with Gasteiger partial charge in [0.15, 0.2) is 5.75 Å². The van der Waals surface area contributed by atoms with Crippen molar-refractivity contribution >= 4 is 11.6 Å². The van der Waals surface area contributed by atoms with Crippen molar-refractivity contribution < 1.29 is 13.5 Å². The van der Waals surface area contributed by atoms with Gasteiger partial charge in [0.25, 0.3) is 6.43 Å².